The van der Waals surface area contributed by atoms with Crippen molar-refractivity contribution >= 4 is 26.9 Å². The Morgan fingerprint density at radius 3 is 2.14 bits per heavy atom. The van der Waals surface area contributed by atoms with Crippen LogP contribution in [-0.4, -0.2) is 20.3 Å². The molecule has 0 heterocycles. The fourth-order valence-corrected chi connectivity index (χ4v) is 3.59. The number of halogens is 4. The van der Waals surface area contributed by atoms with Gasteiger partial charge in [-0.2, -0.15) is 13.2 Å². The number of alkyl halides is 3. The number of hydrogen-bond acceptors (Lipinski definition) is 1. The second-order valence-electron chi connectivity index (χ2n) is 5.85. The van der Waals surface area contributed by atoms with Gasteiger partial charge in [0.2, 0.25) is 0 Å². The zero-order valence-corrected chi connectivity index (χ0v) is 15.0. The summed E-state index contributed by atoms with van der Waals surface area (Å²) in [5.41, 5.74) is -0.245. The molecule has 0 aliphatic carbocycles. The molecule has 1 aromatic rings. The lowest BCUT2D eigenvalue weighted by molar-refractivity contribution is -0.137. The quantitative estimate of drug-likeness (QED) is 0.722. The van der Waals surface area contributed by atoms with Crippen molar-refractivity contribution < 1.29 is 17.4 Å². The molecule has 0 amide bonds. The van der Waals surface area contributed by atoms with Crippen molar-refractivity contribution in [2.75, 3.05) is 7.05 Å². The largest absolute Gasteiger partial charge is 0.416 e. The van der Waals surface area contributed by atoms with Crippen molar-refractivity contribution in [2.24, 2.45) is 0 Å². The van der Waals surface area contributed by atoms with Gasteiger partial charge in [0, 0.05) is 17.6 Å². The van der Waals surface area contributed by atoms with E-state index in [9.17, 15) is 17.4 Å². The van der Waals surface area contributed by atoms with E-state index in [1.54, 1.807) is 24.3 Å². The normalized spacial score (nSPS) is 16.1. The fraction of sp³-hybridized carbons (Fsp3) is 0.571. The molecule has 21 heavy (non-hydrogen) atoms. The monoisotopic (exact) mass is 385 g/mol. The molecule has 0 fully saturated rings. The maximum Gasteiger partial charge on any atom is 0.416 e. The molecule has 0 aliphatic heterocycles. The Morgan fingerprint density at radius 2 is 1.71 bits per heavy atom. The molecule has 0 N–H and O–H groups in total. The minimum atomic E-state index is -4.40. The van der Waals surface area contributed by atoms with Crippen molar-refractivity contribution in [1.82, 2.24) is 4.31 Å². The topological polar surface area (TPSA) is 20.3 Å². The third-order valence-corrected chi connectivity index (χ3v) is 5.41. The predicted molar refractivity (Wildman–Crippen MR) is 83.2 cm³/mol. The van der Waals surface area contributed by atoms with E-state index >= 15 is 0 Å². The molecule has 0 aliphatic rings. The Bertz CT molecular complexity index is 540. The van der Waals surface area contributed by atoms with Crippen molar-refractivity contribution in [3.05, 3.63) is 33.8 Å². The molecule has 2 nitrogen and oxygen atoms in total. The zero-order chi connectivity index (χ0) is 16.6. The van der Waals surface area contributed by atoms with Gasteiger partial charge in [-0.3, -0.25) is 0 Å². The number of rotatable bonds is 3. The number of nitrogens with zero attached hydrogens (tertiary/aromatic N) is 1. The Balaban J connectivity index is 3.16. The van der Waals surface area contributed by atoms with Gasteiger partial charge >= 0.3 is 6.18 Å². The maximum atomic E-state index is 12.9. The van der Waals surface area contributed by atoms with Crippen LogP contribution in [0.5, 0.6) is 0 Å². The highest BCUT2D eigenvalue weighted by atomic mass is 79.9. The van der Waals surface area contributed by atoms with Crippen LogP contribution in [0.1, 0.15) is 44.9 Å². The lowest BCUT2D eigenvalue weighted by atomic mass is 10.1. The summed E-state index contributed by atoms with van der Waals surface area (Å²) in [6.45, 7) is 7.22. The average molecular weight is 386 g/mol. The summed E-state index contributed by atoms with van der Waals surface area (Å²) in [5, 5.41) is 0. The van der Waals surface area contributed by atoms with Gasteiger partial charge < -0.3 is 0 Å². The molecule has 0 saturated carbocycles. The standard InChI is InChI=1S/C14H19BrF3NOS/c1-9(19(5)21(20)13(2,3)4)10-6-11(14(16,17)18)8-12(15)7-10/h6-9H,1-5H3/t9-,21-/m0/s1. The molecule has 2 atom stereocenters. The molecule has 0 saturated heterocycles. The summed E-state index contributed by atoms with van der Waals surface area (Å²) in [7, 11) is 0.343. The third kappa shape index (κ3) is 4.79. The average Bonchev–Trinajstić information content (AvgIpc) is 2.33. The van der Waals surface area contributed by atoms with Crippen molar-refractivity contribution in [1.29, 1.82) is 0 Å². The van der Waals surface area contributed by atoms with Crippen LogP contribution in [-0.2, 0) is 17.2 Å². The lowest BCUT2D eigenvalue weighted by Gasteiger charge is -2.30. The summed E-state index contributed by atoms with van der Waals surface area (Å²) in [6, 6.07) is 3.36. The molecule has 0 unspecified atom stereocenters. The first-order valence-corrected chi connectivity index (χ1v) is 8.26. The SMILES string of the molecule is C[C@@H](c1cc(Br)cc(C(F)(F)F)c1)N(C)[S@@](=O)C(C)(C)C. The Morgan fingerprint density at radius 1 is 1.19 bits per heavy atom. The highest BCUT2D eigenvalue weighted by molar-refractivity contribution is 9.10. The van der Waals surface area contributed by atoms with Gasteiger partial charge in [0.15, 0.2) is 0 Å². The van der Waals surface area contributed by atoms with Crippen LogP contribution in [0.15, 0.2) is 22.7 Å². The molecule has 0 spiro atoms. The molecule has 7 heteroatoms. The molecule has 0 bridgehead atoms. The maximum absolute atomic E-state index is 12.9. The van der Waals surface area contributed by atoms with Crippen LogP contribution in [0.25, 0.3) is 0 Å². The van der Waals surface area contributed by atoms with Crippen LogP contribution in [0.4, 0.5) is 13.2 Å². The van der Waals surface area contributed by atoms with E-state index in [-0.39, 0.29) is 0 Å². The zero-order valence-electron chi connectivity index (χ0n) is 12.6. The van der Waals surface area contributed by atoms with E-state index < -0.39 is 33.5 Å². The molecule has 0 aromatic heterocycles. The van der Waals surface area contributed by atoms with E-state index in [0.29, 0.717) is 10.0 Å². The Hall–Kier alpha value is -0.400. The van der Waals surface area contributed by atoms with E-state index in [4.69, 9.17) is 0 Å². The summed E-state index contributed by atoms with van der Waals surface area (Å²) in [5.74, 6) is 0. The Kier molecular flexibility index (Phi) is 5.67. The van der Waals surface area contributed by atoms with Crippen LogP contribution >= 0.6 is 15.9 Å². The third-order valence-electron chi connectivity index (χ3n) is 3.06. The van der Waals surface area contributed by atoms with Crippen LogP contribution in [0.2, 0.25) is 0 Å². The van der Waals surface area contributed by atoms with Crippen molar-refractivity contribution in [2.45, 2.75) is 44.7 Å². The van der Waals surface area contributed by atoms with Gasteiger partial charge in [-0.05, 0) is 51.5 Å². The summed E-state index contributed by atoms with van der Waals surface area (Å²) < 4.78 is 52.4. The number of hydrogen-bond donors (Lipinski definition) is 0. The molecule has 120 valence electrons. The first kappa shape index (κ1) is 18.6. The van der Waals surface area contributed by atoms with Gasteiger partial charge in [0.1, 0.15) is 0 Å². The smallest absolute Gasteiger partial charge is 0.242 e. The van der Waals surface area contributed by atoms with Crippen LogP contribution in [0, 0.1) is 0 Å². The molecule has 1 aromatic carbocycles. The van der Waals surface area contributed by atoms with E-state index in [1.165, 1.54) is 0 Å². The van der Waals surface area contributed by atoms with E-state index in [1.807, 2.05) is 20.8 Å². The minimum Gasteiger partial charge on any atom is -0.242 e. The molecular weight excluding hydrogens is 367 g/mol. The second kappa shape index (κ2) is 6.38. The van der Waals surface area contributed by atoms with Crippen molar-refractivity contribution in [3.8, 4) is 0 Å². The highest BCUT2D eigenvalue weighted by Crippen LogP contribution is 2.35. The van der Waals surface area contributed by atoms with E-state index in [2.05, 4.69) is 15.9 Å². The predicted octanol–water partition coefficient (Wildman–Crippen LogP) is 4.92. The first-order valence-electron chi connectivity index (χ1n) is 6.36. The molecule has 1 rings (SSSR count). The fourth-order valence-electron chi connectivity index (χ4n) is 1.80. The van der Waals surface area contributed by atoms with Gasteiger partial charge in [-0.1, -0.05) is 15.9 Å². The second-order valence-corrected chi connectivity index (χ2v) is 9.07. The van der Waals surface area contributed by atoms with Crippen molar-refractivity contribution in [3.63, 3.8) is 0 Å². The summed E-state index contributed by atoms with van der Waals surface area (Å²) in [6.07, 6.45) is -4.40. The van der Waals surface area contributed by atoms with E-state index in [0.717, 1.165) is 12.1 Å². The van der Waals surface area contributed by atoms with Gasteiger partial charge in [0.05, 0.1) is 21.3 Å². The van der Waals surface area contributed by atoms with Gasteiger partial charge in [-0.15, -0.1) is 0 Å². The lowest BCUT2D eigenvalue weighted by Crippen LogP contribution is -2.36. The van der Waals surface area contributed by atoms with Gasteiger partial charge in [-0.25, -0.2) is 8.51 Å². The molecule has 0 radical (unpaired) electrons. The van der Waals surface area contributed by atoms with Crippen LogP contribution in [0.3, 0.4) is 0 Å². The Labute approximate surface area is 134 Å². The minimum absolute atomic E-state index is 0.356. The highest BCUT2D eigenvalue weighted by Gasteiger charge is 2.33. The van der Waals surface area contributed by atoms with Crippen LogP contribution < -0.4 is 0 Å². The number of benzene rings is 1. The first-order chi connectivity index (χ1) is 9.34. The summed E-state index contributed by atoms with van der Waals surface area (Å²) in [4.78, 5) is 0. The molecular formula is C14H19BrF3NOS. The van der Waals surface area contributed by atoms with Gasteiger partial charge in [0.25, 0.3) is 0 Å². The summed E-state index contributed by atoms with van der Waals surface area (Å²) >= 11 is 3.11.